The fraction of sp³-hybridized carbons (Fsp3) is 0.364. The molecule has 1 aromatic carbocycles. The smallest absolute Gasteiger partial charge is 0.272 e. The first-order valence-corrected chi connectivity index (χ1v) is 10.7. The summed E-state index contributed by atoms with van der Waals surface area (Å²) in [7, 11) is 0. The Bertz CT molecular complexity index is 969. The molecule has 1 amide bonds. The largest absolute Gasteiger partial charge is 0.335 e. The zero-order chi connectivity index (χ0) is 19.7. The second kappa shape index (κ2) is 7.89. The predicted molar refractivity (Wildman–Crippen MR) is 114 cm³/mol. The van der Waals surface area contributed by atoms with Gasteiger partial charge in [-0.15, -0.1) is 11.3 Å². The van der Waals surface area contributed by atoms with Crippen LogP contribution in [0.4, 0.5) is 0 Å². The van der Waals surface area contributed by atoms with Crippen molar-refractivity contribution < 1.29 is 4.79 Å². The standard InChI is InChI=1S/C22H26N4OS/c1-4-24-9-11-25(12-10-24)22(27)20-15-18(21-6-5-13-28-21)23-26(20)19-14-16(2)7-8-17(19)3/h5-8,13-15H,4,9-12H2,1-3H3. The maximum Gasteiger partial charge on any atom is 0.272 e. The number of rotatable bonds is 4. The lowest BCUT2D eigenvalue weighted by Gasteiger charge is -2.34. The topological polar surface area (TPSA) is 41.4 Å². The molecule has 0 unspecified atom stereocenters. The monoisotopic (exact) mass is 394 g/mol. The summed E-state index contributed by atoms with van der Waals surface area (Å²) in [4.78, 5) is 18.8. The Morgan fingerprint density at radius 1 is 1.11 bits per heavy atom. The molecule has 1 fully saturated rings. The lowest BCUT2D eigenvalue weighted by atomic mass is 10.1. The van der Waals surface area contributed by atoms with E-state index in [2.05, 4.69) is 49.9 Å². The molecule has 0 N–H and O–H groups in total. The van der Waals surface area contributed by atoms with Gasteiger partial charge in [0.1, 0.15) is 11.4 Å². The highest BCUT2D eigenvalue weighted by atomic mass is 32.1. The number of benzene rings is 1. The van der Waals surface area contributed by atoms with E-state index in [1.165, 1.54) is 0 Å². The molecule has 0 radical (unpaired) electrons. The molecule has 1 aliphatic heterocycles. The zero-order valence-electron chi connectivity index (χ0n) is 16.7. The average Bonchev–Trinajstić information content (AvgIpc) is 3.39. The highest BCUT2D eigenvalue weighted by Crippen LogP contribution is 2.28. The highest BCUT2D eigenvalue weighted by Gasteiger charge is 2.26. The van der Waals surface area contributed by atoms with Crippen LogP contribution in [0.25, 0.3) is 16.3 Å². The Hall–Kier alpha value is -2.44. The summed E-state index contributed by atoms with van der Waals surface area (Å²) in [5.74, 6) is 0.0620. The minimum Gasteiger partial charge on any atom is -0.335 e. The number of nitrogens with zero attached hydrogens (tertiary/aromatic N) is 4. The molecule has 1 aliphatic rings. The molecule has 0 spiro atoms. The van der Waals surface area contributed by atoms with E-state index in [0.29, 0.717) is 5.69 Å². The Morgan fingerprint density at radius 2 is 1.89 bits per heavy atom. The molecule has 1 saturated heterocycles. The molecule has 0 bridgehead atoms. The number of carbonyl (C=O) groups excluding carboxylic acids is 1. The van der Waals surface area contributed by atoms with Crippen molar-refractivity contribution in [3.63, 3.8) is 0 Å². The number of piperazine rings is 1. The number of hydrogen-bond acceptors (Lipinski definition) is 4. The molecule has 4 rings (SSSR count). The molecule has 6 heteroatoms. The van der Waals surface area contributed by atoms with Crippen molar-refractivity contribution in [1.29, 1.82) is 0 Å². The molecule has 146 valence electrons. The van der Waals surface area contributed by atoms with Gasteiger partial charge in [0.15, 0.2) is 0 Å². The Labute approximate surface area is 170 Å². The van der Waals surface area contributed by atoms with Crippen molar-refractivity contribution >= 4 is 17.2 Å². The van der Waals surface area contributed by atoms with E-state index in [1.807, 2.05) is 27.1 Å². The first kappa shape index (κ1) is 18.9. The number of aromatic nitrogens is 2. The Morgan fingerprint density at radius 3 is 2.57 bits per heavy atom. The molecule has 0 atom stereocenters. The average molecular weight is 395 g/mol. The van der Waals surface area contributed by atoms with Gasteiger partial charge in [-0.25, -0.2) is 4.68 Å². The van der Waals surface area contributed by atoms with Crippen LogP contribution < -0.4 is 0 Å². The molecular formula is C22H26N4OS. The van der Waals surface area contributed by atoms with Crippen molar-refractivity contribution in [3.8, 4) is 16.3 Å². The summed E-state index contributed by atoms with van der Waals surface area (Å²) in [5.41, 5.74) is 4.73. The van der Waals surface area contributed by atoms with Crippen LogP contribution in [-0.4, -0.2) is 58.2 Å². The third-order valence-electron chi connectivity index (χ3n) is 5.40. The number of thiophene rings is 1. The second-order valence-electron chi connectivity index (χ2n) is 7.32. The minimum absolute atomic E-state index is 0.0620. The Balaban J connectivity index is 1.75. The predicted octanol–water partition coefficient (Wildman–Crippen LogP) is 4.00. The van der Waals surface area contributed by atoms with Gasteiger partial charge in [0, 0.05) is 26.2 Å². The minimum atomic E-state index is 0.0620. The summed E-state index contributed by atoms with van der Waals surface area (Å²) in [6.45, 7) is 10.7. The lowest BCUT2D eigenvalue weighted by Crippen LogP contribution is -2.48. The quantitative estimate of drug-likeness (QED) is 0.672. The second-order valence-corrected chi connectivity index (χ2v) is 8.27. The van der Waals surface area contributed by atoms with E-state index in [0.717, 1.165) is 60.1 Å². The number of hydrogen-bond donors (Lipinski definition) is 0. The third kappa shape index (κ3) is 3.62. The molecule has 5 nitrogen and oxygen atoms in total. The summed E-state index contributed by atoms with van der Waals surface area (Å²) >= 11 is 1.64. The SMILES string of the molecule is CCN1CCN(C(=O)c2cc(-c3cccs3)nn2-c2cc(C)ccc2C)CC1. The maximum absolute atomic E-state index is 13.4. The van der Waals surface area contributed by atoms with Crippen molar-refractivity contribution in [1.82, 2.24) is 19.6 Å². The van der Waals surface area contributed by atoms with Gasteiger partial charge in [-0.1, -0.05) is 25.1 Å². The molecule has 0 saturated carbocycles. The normalized spacial score (nSPS) is 15.2. The molecule has 2 aromatic heterocycles. The van der Waals surface area contributed by atoms with Crippen LogP contribution in [0.3, 0.4) is 0 Å². The van der Waals surface area contributed by atoms with Gasteiger partial charge in [-0.3, -0.25) is 4.79 Å². The van der Waals surface area contributed by atoms with E-state index >= 15 is 0 Å². The third-order valence-corrected chi connectivity index (χ3v) is 6.29. The molecule has 3 aromatic rings. The van der Waals surface area contributed by atoms with Crippen LogP contribution in [0.2, 0.25) is 0 Å². The first-order chi connectivity index (χ1) is 13.6. The molecule has 28 heavy (non-hydrogen) atoms. The maximum atomic E-state index is 13.4. The van der Waals surface area contributed by atoms with Gasteiger partial charge < -0.3 is 9.80 Å². The van der Waals surface area contributed by atoms with Crippen LogP contribution in [0.15, 0.2) is 41.8 Å². The van der Waals surface area contributed by atoms with E-state index < -0.39 is 0 Å². The number of carbonyl (C=O) groups is 1. The van der Waals surface area contributed by atoms with Gasteiger partial charge in [0.05, 0.1) is 10.6 Å². The van der Waals surface area contributed by atoms with E-state index in [1.54, 1.807) is 11.3 Å². The zero-order valence-corrected chi connectivity index (χ0v) is 17.5. The van der Waals surface area contributed by atoms with Gasteiger partial charge >= 0.3 is 0 Å². The van der Waals surface area contributed by atoms with Crippen molar-refractivity contribution in [2.75, 3.05) is 32.7 Å². The summed E-state index contributed by atoms with van der Waals surface area (Å²) in [6.07, 6.45) is 0. The van der Waals surface area contributed by atoms with Crippen molar-refractivity contribution in [3.05, 3.63) is 58.6 Å². The number of amides is 1. The molecule has 3 heterocycles. The summed E-state index contributed by atoms with van der Waals surface area (Å²) in [6, 6.07) is 12.3. The van der Waals surface area contributed by atoms with Crippen LogP contribution >= 0.6 is 11.3 Å². The fourth-order valence-electron chi connectivity index (χ4n) is 3.64. The van der Waals surface area contributed by atoms with Gasteiger partial charge in [0.25, 0.3) is 5.91 Å². The summed E-state index contributed by atoms with van der Waals surface area (Å²) in [5, 5.41) is 6.88. The number of likely N-dealkylation sites (N-methyl/N-ethyl adjacent to an activating group) is 1. The summed E-state index contributed by atoms with van der Waals surface area (Å²) < 4.78 is 1.84. The van der Waals surface area contributed by atoms with Crippen molar-refractivity contribution in [2.24, 2.45) is 0 Å². The van der Waals surface area contributed by atoms with Crippen LogP contribution in [0, 0.1) is 13.8 Å². The highest BCUT2D eigenvalue weighted by molar-refractivity contribution is 7.13. The van der Waals surface area contributed by atoms with Crippen LogP contribution in [0.1, 0.15) is 28.5 Å². The van der Waals surface area contributed by atoms with E-state index in [-0.39, 0.29) is 5.91 Å². The first-order valence-electron chi connectivity index (χ1n) is 9.80. The Kier molecular flexibility index (Phi) is 5.33. The van der Waals surface area contributed by atoms with Gasteiger partial charge in [-0.05, 0) is 55.1 Å². The van der Waals surface area contributed by atoms with Gasteiger partial charge in [-0.2, -0.15) is 5.10 Å². The lowest BCUT2D eigenvalue weighted by molar-refractivity contribution is 0.0634. The van der Waals surface area contributed by atoms with Crippen LogP contribution in [-0.2, 0) is 0 Å². The van der Waals surface area contributed by atoms with Crippen LogP contribution in [0.5, 0.6) is 0 Å². The van der Waals surface area contributed by atoms with Gasteiger partial charge in [0.2, 0.25) is 0 Å². The molecular weight excluding hydrogens is 368 g/mol. The molecule has 0 aliphatic carbocycles. The number of aryl methyl sites for hydroxylation is 2. The van der Waals surface area contributed by atoms with E-state index in [9.17, 15) is 4.79 Å². The van der Waals surface area contributed by atoms with Crippen molar-refractivity contribution in [2.45, 2.75) is 20.8 Å². The van der Waals surface area contributed by atoms with E-state index in [4.69, 9.17) is 5.10 Å². The fourth-order valence-corrected chi connectivity index (χ4v) is 4.32.